The first-order valence-electron chi connectivity index (χ1n) is 6.26. The molecule has 1 amide bonds. The second-order valence-electron chi connectivity index (χ2n) is 4.58. The van der Waals surface area contributed by atoms with Gasteiger partial charge in [-0.05, 0) is 24.6 Å². The van der Waals surface area contributed by atoms with E-state index in [9.17, 15) is 14.9 Å². The third kappa shape index (κ3) is 4.16. The summed E-state index contributed by atoms with van der Waals surface area (Å²) in [6.07, 6.45) is 1.74. The Bertz CT molecular complexity index is 706. The maximum atomic E-state index is 12.0. The maximum absolute atomic E-state index is 12.0. The van der Waals surface area contributed by atoms with Crippen molar-refractivity contribution in [2.75, 3.05) is 11.1 Å². The van der Waals surface area contributed by atoms with Crippen molar-refractivity contribution in [1.82, 2.24) is 0 Å². The van der Waals surface area contributed by atoms with Crippen molar-refractivity contribution in [1.29, 1.82) is 0 Å². The Balaban J connectivity index is 0.00000242. The number of para-hydroxylation sites is 2. The molecule has 0 saturated heterocycles. The number of hydrogen-bond acceptors (Lipinski definition) is 4. The molecule has 0 bridgehead atoms. The SMILES string of the molecule is Cc1ccc(N)[n+](CC(=O)Nc2ccccc2[N+](=O)[O-])c1.[Cl-]. The third-order valence-electron chi connectivity index (χ3n) is 2.90. The molecule has 0 aliphatic carbocycles. The van der Waals surface area contributed by atoms with Crippen LogP contribution in [0.3, 0.4) is 0 Å². The quantitative estimate of drug-likeness (QED) is 0.403. The van der Waals surface area contributed by atoms with Gasteiger partial charge >= 0.3 is 0 Å². The fourth-order valence-corrected chi connectivity index (χ4v) is 1.90. The molecular weight excluding hydrogens is 308 g/mol. The normalized spacial score (nSPS) is 9.68. The number of nitrogens with zero attached hydrogens (tertiary/aromatic N) is 2. The topological polar surface area (TPSA) is 102 Å². The second kappa shape index (κ2) is 7.37. The number of nitrogen functional groups attached to an aromatic ring is 1. The summed E-state index contributed by atoms with van der Waals surface area (Å²) in [7, 11) is 0. The predicted octanol–water partition coefficient (Wildman–Crippen LogP) is -1.58. The van der Waals surface area contributed by atoms with Crippen LogP contribution in [-0.4, -0.2) is 10.8 Å². The number of hydrogen-bond donors (Lipinski definition) is 2. The molecule has 0 saturated carbocycles. The van der Waals surface area contributed by atoms with Crippen LogP contribution in [0, 0.1) is 17.0 Å². The van der Waals surface area contributed by atoms with Gasteiger partial charge < -0.3 is 17.7 Å². The number of aryl methyl sites for hydroxylation is 1. The Morgan fingerprint density at radius 3 is 2.68 bits per heavy atom. The second-order valence-corrected chi connectivity index (χ2v) is 4.58. The zero-order valence-corrected chi connectivity index (χ0v) is 12.6. The van der Waals surface area contributed by atoms with Gasteiger partial charge in [0, 0.05) is 12.1 Å². The highest BCUT2D eigenvalue weighted by Crippen LogP contribution is 2.22. The molecule has 0 fully saturated rings. The molecule has 2 aromatic rings. The minimum Gasteiger partial charge on any atom is -1.00 e. The van der Waals surface area contributed by atoms with Crippen LogP contribution in [0.15, 0.2) is 42.6 Å². The van der Waals surface area contributed by atoms with Crippen LogP contribution in [0.4, 0.5) is 17.2 Å². The van der Waals surface area contributed by atoms with E-state index >= 15 is 0 Å². The number of carbonyl (C=O) groups is 1. The van der Waals surface area contributed by atoms with Crippen molar-refractivity contribution in [3.05, 3.63) is 58.3 Å². The molecule has 0 radical (unpaired) electrons. The van der Waals surface area contributed by atoms with Crippen molar-refractivity contribution in [3.8, 4) is 0 Å². The van der Waals surface area contributed by atoms with Gasteiger partial charge in [-0.25, -0.2) is 4.57 Å². The predicted molar refractivity (Wildman–Crippen MR) is 77.5 cm³/mol. The minimum atomic E-state index is -0.538. The fraction of sp³-hybridized carbons (Fsp3) is 0.143. The first kappa shape index (κ1) is 17.4. The van der Waals surface area contributed by atoms with E-state index in [1.165, 1.54) is 12.1 Å². The maximum Gasteiger partial charge on any atom is 0.292 e. The Morgan fingerprint density at radius 2 is 2.00 bits per heavy atom. The molecule has 1 aromatic carbocycles. The summed E-state index contributed by atoms with van der Waals surface area (Å²) in [6.45, 7) is 1.87. The molecule has 1 aromatic heterocycles. The molecule has 7 nitrogen and oxygen atoms in total. The van der Waals surface area contributed by atoms with Crippen LogP contribution >= 0.6 is 0 Å². The monoisotopic (exact) mass is 322 g/mol. The summed E-state index contributed by atoms with van der Waals surface area (Å²) in [5.74, 6) is 0.0601. The molecule has 0 aliphatic heterocycles. The highest BCUT2D eigenvalue weighted by Gasteiger charge is 2.16. The standard InChI is InChI=1S/C14H14N4O3.ClH/c1-10-6-7-13(15)17(8-10)9-14(19)16-11-4-2-3-5-12(11)18(20)21;/h2-8,15H,9H2,1H3,(H,16,19);1H. The Labute approximate surface area is 133 Å². The molecule has 0 aliphatic rings. The summed E-state index contributed by atoms with van der Waals surface area (Å²) in [6, 6.07) is 9.53. The van der Waals surface area contributed by atoms with Gasteiger partial charge in [-0.1, -0.05) is 12.1 Å². The van der Waals surface area contributed by atoms with Crippen molar-refractivity contribution in [3.63, 3.8) is 0 Å². The number of amides is 1. The number of nitro groups is 1. The molecule has 3 N–H and O–H groups in total. The zero-order valence-electron chi connectivity index (χ0n) is 11.8. The van der Waals surface area contributed by atoms with E-state index in [0.29, 0.717) is 5.82 Å². The first-order chi connectivity index (χ1) is 9.97. The lowest BCUT2D eigenvalue weighted by Gasteiger charge is -2.06. The number of anilines is 2. The largest absolute Gasteiger partial charge is 1.00 e. The lowest BCUT2D eigenvalue weighted by molar-refractivity contribution is -0.670. The molecule has 0 atom stereocenters. The van der Waals surface area contributed by atoms with Crippen LogP contribution in [0.2, 0.25) is 0 Å². The molecular formula is C14H15ClN4O3. The number of benzene rings is 1. The van der Waals surface area contributed by atoms with E-state index in [1.54, 1.807) is 29.0 Å². The molecule has 0 unspecified atom stereocenters. The smallest absolute Gasteiger partial charge is 0.292 e. The minimum absolute atomic E-state index is 0. The summed E-state index contributed by atoms with van der Waals surface area (Å²) in [4.78, 5) is 22.4. The fourth-order valence-electron chi connectivity index (χ4n) is 1.90. The Kier molecular flexibility index (Phi) is 5.82. The molecule has 22 heavy (non-hydrogen) atoms. The number of nitrogens with two attached hydrogens (primary N) is 1. The first-order valence-corrected chi connectivity index (χ1v) is 6.26. The third-order valence-corrected chi connectivity index (χ3v) is 2.90. The van der Waals surface area contributed by atoms with Crippen molar-refractivity contribution in [2.45, 2.75) is 13.5 Å². The van der Waals surface area contributed by atoms with Gasteiger partial charge in [-0.15, -0.1) is 0 Å². The van der Waals surface area contributed by atoms with Crippen molar-refractivity contribution >= 4 is 23.1 Å². The van der Waals surface area contributed by atoms with Crippen LogP contribution < -0.4 is 28.0 Å². The Morgan fingerprint density at radius 1 is 1.32 bits per heavy atom. The average Bonchev–Trinajstić information content (AvgIpc) is 2.43. The van der Waals surface area contributed by atoms with Gasteiger partial charge in [0.1, 0.15) is 5.69 Å². The lowest BCUT2D eigenvalue weighted by Crippen LogP contribution is -3.00. The van der Waals surface area contributed by atoms with E-state index in [0.717, 1.165) is 5.56 Å². The summed E-state index contributed by atoms with van der Waals surface area (Å²) in [5, 5.41) is 13.4. The molecule has 1 heterocycles. The van der Waals surface area contributed by atoms with Crippen LogP contribution in [-0.2, 0) is 11.3 Å². The van der Waals surface area contributed by atoms with E-state index in [1.807, 2.05) is 13.0 Å². The van der Waals surface area contributed by atoms with Crippen LogP contribution in [0.1, 0.15) is 5.56 Å². The van der Waals surface area contributed by atoms with Crippen molar-refractivity contribution in [2.24, 2.45) is 0 Å². The van der Waals surface area contributed by atoms with E-state index < -0.39 is 4.92 Å². The van der Waals surface area contributed by atoms with Gasteiger partial charge in [0.15, 0.2) is 6.54 Å². The highest BCUT2D eigenvalue weighted by molar-refractivity contribution is 5.92. The summed E-state index contributed by atoms with van der Waals surface area (Å²) < 4.78 is 1.58. The summed E-state index contributed by atoms with van der Waals surface area (Å²) >= 11 is 0. The van der Waals surface area contributed by atoms with E-state index in [-0.39, 0.29) is 36.2 Å². The highest BCUT2D eigenvalue weighted by atomic mass is 35.5. The molecule has 0 spiro atoms. The number of carbonyl (C=O) groups excluding carboxylic acids is 1. The number of rotatable bonds is 4. The number of aromatic nitrogens is 1. The number of nitrogens with one attached hydrogen (secondary N) is 1. The summed E-state index contributed by atoms with van der Waals surface area (Å²) in [5.41, 5.74) is 6.77. The van der Waals surface area contributed by atoms with Crippen LogP contribution in [0.5, 0.6) is 0 Å². The lowest BCUT2D eigenvalue weighted by atomic mass is 10.2. The number of halogens is 1. The average molecular weight is 323 g/mol. The molecule has 2 rings (SSSR count). The zero-order chi connectivity index (χ0) is 15.4. The Hall–Kier alpha value is -2.67. The van der Waals surface area contributed by atoms with Gasteiger partial charge in [0.2, 0.25) is 0 Å². The van der Waals surface area contributed by atoms with Crippen molar-refractivity contribution < 1.29 is 26.7 Å². The molecule has 8 heteroatoms. The van der Waals surface area contributed by atoms with Gasteiger partial charge in [0.05, 0.1) is 11.1 Å². The number of nitro benzene ring substituents is 1. The van der Waals surface area contributed by atoms with E-state index in [2.05, 4.69) is 5.32 Å². The van der Waals surface area contributed by atoms with Gasteiger partial charge in [-0.2, -0.15) is 0 Å². The van der Waals surface area contributed by atoms with E-state index in [4.69, 9.17) is 5.73 Å². The van der Waals surface area contributed by atoms with Gasteiger partial charge in [0.25, 0.3) is 17.4 Å². The number of pyridine rings is 1. The molecule has 116 valence electrons. The van der Waals surface area contributed by atoms with Crippen LogP contribution in [0.25, 0.3) is 0 Å². The van der Waals surface area contributed by atoms with Gasteiger partial charge in [-0.3, -0.25) is 20.6 Å².